The summed E-state index contributed by atoms with van der Waals surface area (Å²) in [5.41, 5.74) is 8.02. The first-order valence-electron chi connectivity index (χ1n) is 13.6. The summed E-state index contributed by atoms with van der Waals surface area (Å²) >= 11 is 6.64. The van der Waals surface area contributed by atoms with E-state index < -0.39 is 11.7 Å². The fourth-order valence-corrected chi connectivity index (χ4v) is 6.08. The van der Waals surface area contributed by atoms with E-state index in [9.17, 15) is 9.59 Å². The van der Waals surface area contributed by atoms with Crippen LogP contribution in [0.1, 0.15) is 60.4 Å². The molecule has 3 aromatic heterocycles. The van der Waals surface area contributed by atoms with Gasteiger partial charge < -0.3 is 20.7 Å². The molecule has 1 aromatic carbocycles. The predicted octanol–water partition coefficient (Wildman–Crippen LogP) is 4.33. The molecule has 2 aliphatic heterocycles. The third-order valence-corrected chi connectivity index (χ3v) is 8.24. The van der Waals surface area contributed by atoms with Gasteiger partial charge in [0.25, 0.3) is 5.91 Å². The first-order chi connectivity index (χ1) is 19.7. The third kappa shape index (κ3) is 4.65. The van der Waals surface area contributed by atoms with Gasteiger partial charge in [-0.2, -0.15) is 5.10 Å². The number of imidazole rings is 1. The summed E-state index contributed by atoms with van der Waals surface area (Å²) in [6.07, 6.45) is 4.54. The molecule has 0 unspecified atom stereocenters. The molecule has 0 bridgehead atoms. The van der Waals surface area contributed by atoms with Gasteiger partial charge in [0, 0.05) is 49.3 Å². The predicted molar refractivity (Wildman–Crippen MR) is 152 cm³/mol. The molecular weight excluding hydrogens is 551 g/mol. The number of aromatic nitrogens is 5. The lowest BCUT2D eigenvalue weighted by atomic mass is 9.92. The molecular formula is C28H30ClFN8O3. The minimum absolute atomic E-state index is 0.110. The van der Waals surface area contributed by atoms with E-state index in [-0.39, 0.29) is 46.8 Å². The van der Waals surface area contributed by atoms with Crippen molar-refractivity contribution in [2.45, 2.75) is 51.5 Å². The fourth-order valence-electron chi connectivity index (χ4n) is 5.86. The molecule has 0 spiro atoms. The van der Waals surface area contributed by atoms with E-state index in [1.807, 2.05) is 11.8 Å². The lowest BCUT2D eigenvalue weighted by molar-refractivity contribution is -0.130. The Labute approximate surface area is 240 Å². The number of aryl methyl sites for hydroxylation is 2. The molecule has 4 aromatic rings. The minimum Gasteiger partial charge on any atom is -0.493 e. The van der Waals surface area contributed by atoms with E-state index in [1.165, 1.54) is 18.3 Å². The summed E-state index contributed by atoms with van der Waals surface area (Å²) in [6, 6.07) is 4.51. The SMILES string of the molecule is CCOc1cc(C(=O)Nc2cc(C)n(C)n2)c(F)cc1-c1nc([C@@H]2CC[C@H]3CCC(=O)N3C2)n2c(Cl)cnc(N)c12. The number of carbonyl (C=O) groups excluding carboxylic acids is 2. The molecule has 6 rings (SSSR count). The van der Waals surface area contributed by atoms with Crippen LogP contribution < -0.4 is 15.8 Å². The maximum Gasteiger partial charge on any atom is 0.259 e. The Kier molecular flexibility index (Phi) is 6.80. The summed E-state index contributed by atoms with van der Waals surface area (Å²) < 4.78 is 24.9. The summed E-state index contributed by atoms with van der Waals surface area (Å²) in [6.45, 7) is 4.40. The molecule has 2 aliphatic rings. The zero-order valence-electron chi connectivity index (χ0n) is 22.9. The highest BCUT2D eigenvalue weighted by atomic mass is 35.5. The first kappa shape index (κ1) is 27.0. The summed E-state index contributed by atoms with van der Waals surface area (Å²) in [4.78, 5) is 36.7. The molecule has 0 aliphatic carbocycles. The number of amides is 2. The van der Waals surface area contributed by atoms with Gasteiger partial charge in [0.2, 0.25) is 5.91 Å². The summed E-state index contributed by atoms with van der Waals surface area (Å²) in [7, 11) is 1.75. The standard InChI is InChI=1S/C28H30ClFN8O3/c1-4-41-20-11-17(28(40)33-22-9-14(2)36(3)35-22)19(30)10-18(20)24-25-26(31)32-12-21(29)38(25)27(34-24)15-5-6-16-7-8-23(39)37(16)13-15/h9-12,15-16H,4-8,13H2,1-3H3,(H2,31,32)(H,33,35,40)/t15-,16+/m1/s1. The van der Waals surface area contributed by atoms with Crippen LogP contribution in [0.3, 0.4) is 0 Å². The number of nitrogens with one attached hydrogen (secondary N) is 1. The fraction of sp³-hybridized carbons (Fsp3) is 0.393. The highest BCUT2D eigenvalue weighted by Crippen LogP contribution is 2.42. The van der Waals surface area contributed by atoms with Crippen molar-refractivity contribution in [2.24, 2.45) is 7.05 Å². The van der Waals surface area contributed by atoms with Crippen LogP contribution in [0.5, 0.6) is 5.75 Å². The van der Waals surface area contributed by atoms with Crippen molar-refractivity contribution in [3.05, 3.63) is 52.4 Å². The normalized spacial score (nSPS) is 18.7. The van der Waals surface area contributed by atoms with Gasteiger partial charge in [-0.15, -0.1) is 0 Å². The van der Waals surface area contributed by atoms with Gasteiger partial charge in [-0.3, -0.25) is 18.7 Å². The number of nitrogens with two attached hydrogens (primary N) is 1. The lowest BCUT2D eigenvalue weighted by Crippen LogP contribution is -2.41. The van der Waals surface area contributed by atoms with Crippen LogP contribution in [0.15, 0.2) is 24.4 Å². The van der Waals surface area contributed by atoms with Crippen LogP contribution in [0.2, 0.25) is 5.15 Å². The second-order valence-electron chi connectivity index (χ2n) is 10.5. The number of halogens is 2. The maximum absolute atomic E-state index is 15.6. The molecule has 41 heavy (non-hydrogen) atoms. The van der Waals surface area contributed by atoms with Gasteiger partial charge >= 0.3 is 0 Å². The summed E-state index contributed by atoms with van der Waals surface area (Å²) in [5, 5.41) is 7.14. The van der Waals surface area contributed by atoms with E-state index in [4.69, 9.17) is 27.1 Å². The Balaban J connectivity index is 1.45. The Morgan fingerprint density at radius 1 is 1.27 bits per heavy atom. The second-order valence-corrected chi connectivity index (χ2v) is 10.9. The summed E-state index contributed by atoms with van der Waals surface area (Å²) in [5.74, 6) is -0.0781. The van der Waals surface area contributed by atoms with Crippen molar-refractivity contribution >= 4 is 40.6 Å². The average Bonchev–Trinajstić information content (AvgIpc) is 3.62. The highest BCUT2D eigenvalue weighted by Gasteiger charge is 2.39. The zero-order chi connectivity index (χ0) is 29.0. The number of carbonyl (C=O) groups is 2. The number of piperidine rings is 1. The van der Waals surface area contributed by atoms with Crippen LogP contribution in [0, 0.1) is 12.7 Å². The van der Waals surface area contributed by atoms with Crippen molar-refractivity contribution in [1.82, 2.24) is 29.0 Å². The van der Waals surface area contributed by atoms with Gasteiger partial charge in [0.15, 0.2) is 5.82 Å². The van der Waals surface area contributed by atoms with E-state index in [2.05, 4.69) is 15.4 Å². The Morgan fingerprint density at radius 2 is 2.07 bits per heavy atom. The van der Waals surface area contributed by atoms with E-state index in [1.54, 1.807) is 29.1 Å². The Hall–Kier alpha value is -4.19. The molecule has 3 N–H and O–H groups in total. The molecule has 2 saturated heterocycles. The molecule has 13 heteroatoms. The van der Waals surface area contributed by atoms with Gasteiger partial charge in [-0.05, 0) is 45.2 Å². The number of anilines is 2. The van der Waals surface area contributed by atoms with Crippen molar-refractivity contribution in [1.29, 1.82) is 0 Å². The largest absolute Gasteiger partial charge is 0.493 e. The van der Waals surface area contributed by atoms with Gasteiger partial charge in [0.05, 0.1) is 18.4 Å². The first-order valence-corrected chi connectivity index (χ1v) is 13.9. The smallest absolute Gasteiger partial charge is 0.259 e. The number of nitrogen functional groups attached to an aromatic ring is 1. The van der Waals surface area contributed by atoms with Crippen LogP contribution >= 0.6 is 11.6 Å². The van der Waals surface area contributed by atoms with E-state index in [0.29, 0.717) is 41.4 Å². The van der Waals surface area contributed by atoms with Crippen LogP contribution in [0.4, 0.5) is 16.0 Å². The minimum atomic E-state index is -0.770. The van der Waals surface area contributed by atoms with E-state index in [0.717, 1.165) is 25.0 Å². The quantitative estimate of drug-likeness (QED) is 0.347. The number of hydrogen-bond donors (Lipinski definition) is 2. The molecule has 2 atom stereocenters. The average molecular weight is 581 g/mol. The number of benzene rings is 1. The number of nitrogens with zero attached hydrogens (tertiary/aromatic N) is 6. The Morgan fingerprint density at radius 3 is 2.80 bits per heavy atom. The molecule has 0 radical (unpaired) electrons. The van der Waals surface area contributed by atoms with Gasteiger partial charge in [-0.1, -0.05) is 11.6 Å². The van der Waals surface area contributed by atoms with Crippen molar-refractivity contribution in [2.75, 3.05) is 24.2 Å². The second kappa shape index (κ2) is 10.3. The highest BCUT2D eigenvalue weighted by molar-refractivity contribution is 6.30. The molecule has 5 heterocycles. The monoisotopic (exact) mass is 580 g/mol. The number of ether oxygens (including phenoxy) is 1. The van der Waals surface area contributed by atoms with Crippen LogP contribution in [-0.4, -0.2) is 60.1 Å². The molecule has 11 nitrogen and oxygen atoms in total. The maximum atomic E-state index is 15.6. The van der Waals surface area contributed by atoms with Crippen molar-refractivity contribution < 1.29 is 18.7 Å². The Bertz CT molecular complexity index is 1680. The van der Waals surface area contributed by atoms with Gasteiger partial charge in [0.1, 0.15) is 39.6 Å². The molecule has 2 fully saturated rings. The third-order valence-electron chi connectivity index (χ3n) is 7.98. The van der Waals surface area contributed by atoms with Crippen molar-refractivity contribution in [3.63, 3.8) is 0 Å². The molecule has 0 saturated carbocycles. The zero-order valence-corrected chi connectivity index (χ0v) is 23.7. The van der Waals surface area contributed by atoms with Crippen LogP contribution in [-0.2, 0) is 11.8 Å². The van der Waals surface area contributed by atoms with Crippen LogP contribution in [0.25, 0.3) is 16.8 Å². The van der Waals surface area contributed by atoms with E-state index >= 15 is 4.39 Å². The lowest BCUT2D eigenvalue weighted by Gasteiger charge is -2.34. The number of fused-ring (bicyclic) bond motifs is 2. The van der Waals surface area contributed by atoms with Gasteiger partial charge in [-0.25, -0.2) is 14.4 Å². The number of hydrogen-bond acceptors (Lipinski definition) is 7. The molecule has 2 amide bonds. The number of rotatable bonds is 6. The molecule has 214 valence electrons. The van der Waals surface area contributed by atoms with Crippen molar-refractivity contribution in [3.8, 4) is 17.0 Å². The topological polar surface area (TPSA) is 133 Å².